The third-order valence-electron chi connectivity index (χ3n) is 2.82. The molecule has 1 amide bonds. The molecule has 0 atom stereocenters. The summed E-state index contributed by atoms with van der Waals surface area (Å²) >= 11 is 4.92. The number of hydrogen-bond donors (Lipinski definition) is 1. The summed E-state index contributed by atoms with van der Waals surface area (Å²) in [5.41, 5.74) is 1.56. The van der Waals surface area contributed by atoms with Crippen LogP contribution in [-0.2, 0) is 4.79 Å². The highest BCUT2D eigenvalue weighted by atomic mass is 79.9. The van der Waals surface area contributed by atoms with Crippen LogP contribution in [0, 0.1) is 12.3 Å². The molecule has 5 heteroatoms. The normalized spacial score (nSPS) is 11.4. The van der Waals surface area contributed by atoms with Crippen LogP contribution in [0.4, 0.5) is 5.13 Å². The van der Waals surface area contributed by atoms with Gasteiger partial charge in [-0.25, -0.2) is 4.98 Å². The van der Waals surface area contributed by atoms with E-state index in [9.17, 15) is 4.79 Å². The van der Waals surface area contributed by atoms with E-state index in [-0.39, 0.29) is 5.91 Å². The number of halogens is 1. The van der Waals surface area contributed by atoms with Gasteiger partial charge in [0.25, 0.3) is 0 Å². The number of thiazole rings is 1. The second-order valence-corrected chi connectivity index (χ2v) is 7.75. The number of rotatable bonds is 2. The van der Waals surface area contributed by atoms with Gasteiger partial charge in [0.2, 0.25) is 5.91 Å². The van der Waals surface area contributed by atoms with E-state index in [4.69, 9.17) is 0 Å². The lowest BCUT2D eigenvalue weighted by molar-refractivity contribution is -0.123. The maximum absolute atomic E-state index is 12.0. The van der Waals surface area contributed by atoms with Crippen LogP contribution in [0.2, 0.25) is 0 Å². The van der Waals surface area contributed by atoms with Crippen LogP contribution < -0.4 is 5.32 Å². The number of aromatic nitrogens is 1. The van der Waals surface area contributed by atoms with Crippen molar-refractivity contribution in [3.8, 4) is 11.3 Å². The van der Waals surface area contributed by atoms with Gasteiger partial charge < -0.3 is 5.32 Å². The molecular weight excluding hydrogens is 336 g/mol. The van der Waals surface area contributed by atoms with Crippen molar-refractivity contribution in [1.29, 1.82) is 0 Å². The molecule has 1 heterocycles. The number of carbonyl (C=O) groups is 1. The molecule has 0 spiro atoms. The summed E-state index contributed by atoms with van der Waals surface area (Å²) in [6.45, 7) is 7.68. The highest BCUT2D eigenvalue weighted by molar-refractivity contribution is 9.10. The lowest BCUT2D eigenvalue weighted by atomic mass is 9.96. The lowest BCUT2D eigenvalue weighted by Gasteiger charge is -2.15. The van der Waals surface area contributed by atoms with Crippen LogP contribution in [0.1, 0.15) is 25.6 Å². The summed E-state index contributed by atoms with van der Waals surface area (Å²) in [7, 11) is 0. The second-order valence-electron chi connectivity index (χ2n) is 5.63. The van der Waals surface area contributed by atoms with Crippen LogP contribution >= 0.6 is 27.3 Å². The average molecular weight is 353 g/mol. The van der Waals surface area contributed by atoms with E-state index < -0.39 is 5.41 Å². The first-order valence-electron chi connectivity index (χ1n) is 6.32. The molecule has 2 aromatic rings. The van der Waals surface area contributed by atoms with Gasteiger partial charge in [0.05, 0.1) is 5.69 Å². The predicted octanol–water partition coefficient (Wildman–Crippen LogP) is 4.87. The Morgan fingerprint density at radius 2 is 1.85 bits per heavy atom. The largest absolute Gasteiger partial charge is 0.301 e. The molecule has 0 aliphatic carbocycles. The fourth-order valence-electron chi connectivity index (χ4n) is 1.61. The molecule has 2 rings (SSSR count). The van der Waals surface area contributed by atoms with Crippen molar-refractivity contribution in [1.82, 2.24) is 4.98 Å². The maximum atomic E-state index is 12.0. The molecule has 0 aliphatic rings. The van der Waals surface area contributed by atoms with E-state index in [1.54, 1.807) is 0 Å². The Kier molecular flexibility index (Phi) is 4.30. The van der Waals surface area contributed by atoms with E-state index in [0.29, 0.717) is 5.13 Å². The third-order valence-corrected chi connectivity index (χ3v) is 4.23. The zero-order valence-electron chi connectivity index (χ0n) is 12.0. The Balaban J connectivity index is 2.26. The quantitative estimate of drug-likeness (QED) is 0.837. The molecule has 1 aromatic heterocycles. The fourth-order valence-corrected chi connectivity index (χ4v) is 2.71. The summed E-state index contributed by atoms with van der Waals surface area (Å²) in [4.78, 5) is 17.6. The van der Waals surface area contributed by atoms with Gasteiger partial charge in [-0.1, -0.05) is 48.8 Å². The topological polar surface area (TPSA) is 42.0 Å². The van der Waals surface area contributed by atoms with Gasteiger partial charge in [0.15, 0.2) is 5.13 Å². The molecule has 0 bridgehead atoms. The lowest BCUT2D eigenvalue weighted by Crippen LogP contribution is -2.27. The SMILES string of the molecule is Cc1sc(NC(=O)C(C)(C)C)nc1-c1ccc(Br)cc1. The van der Waals surface area contributed by atoms with Crippen LogP contribution in [0.15, 0.2) is 28.7 Å². The predicted molar refractivity (Wildman–Crippen MR) is 88.1 cm³/mol. The minimum atomic E-state index is -0.419. The summed E-state index contributed by atoms with van der Waals surface area (Å²) in [6, 6.07) is 8.01. The van der Waals surface area contributed by atoms with Crippen molar-refractivity contribution < 1.29 is 4.79 Å². The van der Waals surface area contributed by atoms with Crippen molar-refractivity contribution in [3.05, 3.63) is 33.6 Å². The standard InChI is InChI=1S/C15H17BrN2OS/c1-9-12(10-5-7-11(16)8-6-10)17-14(20-9)18-13(19)15(2,3)4/h5-8H,1-4H3,(H,17,18,19). The number of amides is 1. The fraction of sp³-hybridized carbons (Fsp3) is 0.333. The Labute approximate surface area is 131 Å². The highest BCUT2D eigenvalue weighted by Gasteiger charge is 2.22. The minimum absolute atomic E-state index is 0.0198. The van der Waals surface area contributed by atoms with Crippen LogP contribution in [0.25, 0.3) is 11.3 Å². The number of nitrogens with one attached hydrogen (secondary N) is 1. The van der Waals surface area contributed by atoms with Gasteiger partial charge in [-0.15, -0.1) is 11.3 Å². The zero-order valence-corrected chi connectivity index (χ0v) is 14.4. The Hall–Kier alpha value is -1.20. The third kappa shape index (κ3) is 3.46. The molecule has 0 saturated heterocycles. The molecule has 0 radical (unpaired) electrons. The van der Waals surface area contributed by atoms with Crippen LogP contribution in [-0.4, -0.2) is 10.9 Å². The van der Waals surface area contributed by atoms with E-state index in [1.165, 1.54) is 11.3 Å². The first-order chi connectivity index (χ1) is 9.27. The van der Waals surface area contributed by atoms with Crippen molar-refractivity contribution in [3.63, 3.8) is 0 Å². The van der Waals surface area contributed by atoms with Gasteiger partial charge in [-0.3, -0.25) is 4.79 Å². The molecule has 0 fully saturated rings. The summed E-state index contributed by atoms with van der Waals surface area (Å²) in [5.74, 6) is -0.0198. The summed E-state index contributed by atoms with van der Waals surface area (Å²) < 4.78 is 1.04. The first kappa shape index (κ1) is 15.2. The molecule has 0 aliphatic heterocycles. The molecule has 0 unspecified atom stereocenters. The van der Waals surface area contributed by atoms with Gasteiger partial charge in [-0.2, -0.15) is 0 Å². The number of anilines is 1. The van der Waals surface area contributed by atoms with Crippen molar-refractivity contribution in [2.75, 3.05) is 5.32 Å². The van der Waals surface area contributed by atoms with Crippen molar-refractivity contribution in [2.45, 2.75) is 27.7 Å². The van der Waals surface area contributed by atoms with E-state index in [1.807, 2.05) is 52.0 Å². The van der Waals surface area contributed by atoms with Crippen LogP contribution in [0.3, 0.4) is 0 Å². The monoisotopic (exact) mass is 352 g/mol. The van der Waals surface area contributed by atoms with Crippen LogP contribution in [0.5, 0.6) is 0 Å². The number of hydrogen-bond acceptors (Lipinski definition) is 3. The highest BCUT2D eigenvalue weighted by Crippen LogP contribution is 2.31. The second kappa shape index (κ2) is 5.66. The molecule has 3 nitrogen and oxygen atoms in total. The van der Waals surface area contributed by atoms with Crippen molar-refractivity contribution >= 4 is 38.3 Å². The van der Waals surface area contributed by atoms with Gasteiger partial charge in [-0.05, 0) is 19.1 Å². The van der Waals surface area contributed by atoms with E-state index >= 15 is 0 Å². The average Bonchev–Trinajstić information content (AvgIpc) is 2.70. The maximum Gasteiger partial charge on any atom is 0.231 e. The Morgan fingerprint density at radius 3 is 2.40 bits per heavy atom. The Bertz CT molecular complexity index is 626. The van der Waals surface area contributed by atoms with Gasteiger partial charge in [0, 0.05) is 20.3 Å². The zero-order chi connectivity index (χ0) is 14.9. The molecule has 0 saturated carbocycles. The summed E-state index contributed by atoms with van der Waals surface area (Å²) in [6.07, 6.45) is 0. The Morgan fingerprint density at radius 1 is 1.25 bits per heavy atom. The van der Waals surface area contributed by atoms with Crippen molar-refractivity contribution in [2.24, 2.45) is 5.41 Å². The molecule has 1 N–H and O–H groups in total. The smallest absolute Gasteiger partial charge is 0.231 e. The number of carbonyl (C=O) groups excluding carboxylic acids is 1. The molecular formula is C15H17BrN2OS. The van der Waals surface area contributed by atoms with E-state index in [2.05, 4.69) is 26.2 Å². The molecule has 106 valence electrons. The number of nitrogens with zero attached hydrogens (tertiary/aromatic N) is 1. The van der Waals surface area contributed by atoms with E-state index in [0.717, 1.165) is 20.6 Å². The molecule has 20 heavy (non-hydrogen) atoms. The van der Waals surface area contributed by atoms with Gasteiger partial charge >= 0.3 is 0 Å². The first-order valence-corrected chi connectivity index (χ1v) is 7.93. The number of aryl methyl sites for hydroxylation is 1. The molecule has 1 aromatic carbocycles. The minimum Gasteiger partial charge on any atom is -0.301 e. The number of benzene rings is 1. The summed E-state index contributed by atoms with van der Waals surface area (Å²) in [5, 5.41) is 3.54. The van der Waals surface area contributed by atoms with Gasteiger partial charge in [0.1, 0.15) is 0 Å².